The Kier molecular flexibility index (Phi) is 10.2. The second kappa shape index (κ2) is 14.9. The molecular formula is C46H46Ge2O. The molecule has 7 rings (SSSR count). The topological polar surface area (TPSA) is 17.1 Å². The second-order valence-corrected chi connectivity index (χ2v) is 31.0. The molecule has 1 aliphatic carbocycles. The minimum atomic E-state index is -3.44. The third-order valence-electron chi connectivity index (χ3n) is 11.6. The van der Waals surface area contributed by atoms with Gasteiger partial charge in [-0.1, -0.05) is 0 Å². The third-order valence-corrected chi connectivity index (χ3v) is 34.3. The fourth-order valence-electron chi connectivity index (χ4n) is 9.18. The van der Waals surface area contributed by atoms with Gasteiger partial charge in [0.05, 0.1) is 0 Å². The molecule has 244 valence electrons. The van der Waals surface area contributed by atoms with Crippen molar-refractivity contribution in [3.05, 3.63) is 182 Å². The van der Waals surface area contributed by atoms with Crippen LogP contribution in [-0.2, 0) is 4.79 Å². The van der Waals surface area contributed by atoms with Gasteiger partial charge < -0.3 is 0 Å². The zero-order chi connectivity index (χ0) is 33.7. The molecule has 1 fully saturated rings. The molecule has 0 aliphatic heterocycles. The molecule has 0 bridgehead atoms. The first-order valence-electron chi connectivity index (χ1n) is 17.9. The van der Waals surface area contributed by atoms with Crippen molar-refractivity contribution in [3.8, 4) is 0 Å². The van der Waals surface area contributed by atoms with Crippen LogP contribution in [0.5, 0.6) is 0 Å². The Morgan fingerprint density at radius 3 is 1.14 bits per heavy atom. The zero-order valence-electron chi connectivity index (χ0n) is 28.7. The van der Waals surface area contributed by atoms with Gasteiger partial charge in [0.25, 0.3) is 0 Å². The maximum atomic E-state index is 14.5. The van der Waals surface area contributed by atoms with Crippen LogP contribution in [0.4, 0.5) is 0 Å². The van der Waals surface area contributed by atoms with E-state index in [0.29, 0.717) is 24.0 Å². The molecule has 0 radical (unpaired) electrons. The predicted molar refractivity (Wildman–Crippen MR) is 213 cm³/mol. The summed E-state index contributed by atoms with van der Waals surface area (Å²) < 4.78 is 9.09. The van der Waals surface area contributed by atoms with E-state index in [4.69, 9.17) is 0 Å². The summed E-state index contributed by atoms with van der Waals surface area (Å²) in [5.74, 6) is 1.15. The molecule has 1 saturated carbocycles. The number of carbonyl (C=O) groups is 1. The van der Waals surface area contributed by atoms with Crippen molar-refractivity contribution in [3.63, 3.8) is 0 Å². The van der Waals surface area contributed by atoms with Crippen molar-refractivity contribution in [1.29, 1.82) is 0 Å². The first-order valence-corrected chi connectivity index (χ1v) is 26.9. The molecule has 49 heavy (non-hydrogen) atoms. The van der Waals surface area contributed by atoms with Crippen molar-refractivity contribution < 1.29 is 4.79 Å². The third kappa shape index (κ3) is 6.32. The quantitative estimate of drug-likeness (QED) is 0.138. The molecule has 6 aromatic carbocycles. The van der Waals surface area contributed by atoms with Gasteiger partial charge in [0.2, 0.25) is 0 Å². The molecule has 0 N–H and O–H groups in total. The van der Waals surface area contributed by atoms with Crippen LogP contribution >= 0.6 is 0 Å². The molecule has 0 amide bonds. The van der Waals surface area contributed by atoms with Crippen molar-refractivity contribution in [2.75, 3.05) is 0 Å². The summed E-state index contributed by atoms with van der Waals surface area (Å²) in [6, 6.07) is 67.8. The maximum absolute atomic E-state index is 14.5. The summed E-state index contributed by atoms with van der Waals surface area (Å²) in [6.07, 6.45) is 1.75. The van der Waals surface area contributed by atoms with E-state index in [9.17, 15) is 4.79 Å². The van der Waals surface area contributed by atoms with Crippen molar-refractivity contribution in [2.45, 2.75) is 36.7 Å². The minimum absolute atomic E-state index is 0.00715. The van der Waals surface area contributed by atoms with Gasteiger partial charge in [-0.15, -0.1) is 0 Å². The molecular weight excluding hydrogens is 714 g/mol. The van der Waals surface area contributed by atoms with E-state index in [1.54, 1.807) is 0 Å². The summed E-state index contributed by atoms with van der Waals surface area (Å²) in [7, 11) is 0. The molecule has 0 saturated heterocycles. The van der Waals surface area contributed by atoms with E-state index in [1.807, 2.05) is 0 Å². The Morgan fingerprint density at radius 2 is 0.816 bits per heavy atom. The van der Waals surface area contributed by atoms with Crippen molar-refractivity contribution >= 4 is 58.7 Å². The predicted octanol–water partition coefficient (Wildman–Crippen LogP) is 6.95. The summed E-state index contributed by atoms with van der Waals surface area (Å²) >= 11 is -6.65. The van der Waals surface area contributed by atoms with E-state index in [2.05, 4.69) is 196 Å². The average molecular weight is 760 g/mol. The molecule has 0 heterocycles. The first kappa shape index (κ1) is 33.6. The number of hydrogen-bond donors (Lipinski definition) is 0. The number of Topliss-reactive ketones (excluding diaryl/α,β-unsaturated/α-hetero) is 1. The van der Waals surface area contributed by atoms with Gasteiger partial charge in [-0.3, -0.25) is 0 Å². The van der Waals surface area contributed by atoms with Crippen LogP contribution in [0.2, 0.25) is 10.0 Å². The fourth-order valence-corrected chi connectivity index (χ4v) is 32.9. The van der Waals surface area contributed by atoms with Crippen LogP contribution in [0.25, 0.3) is 0 Å². The first-order chi connectivity index (χ1) is 24.0. The van der Waals surface area contributed by atoms with E-state index in [0.717, 1.165) is 11.7 Å². The summed E-state index contributed by atoms with van der Waals surface area (Å²) in [4.78, 5) is 14.5. The van der Waals surface area contributed by atoms with E-state index >= 15 is 0 Å². The van der Waals surface area contributed by atoms with Gasteiger partial charge in [0.15, 0.2) is 0 Å². The summed E-state index contributed by atoms with van der Waals surface area (Å²) in [5.41, 5.74) is 0. The molecule has 1 aliphatic rings. The molecule has 1 nitrogen and oxygen atoms in total. The fraction of sp³-hybridized carbons (Fsp3) is 0.196. The van der Waals surface area contributed by atoms with E-state index < -0.39 is 26.5 Å². The Hall–Kier alpha value is -3.92. The van der Waals surface area contributed by atoms with Gasteiger partial charge in [0.1, 0.15) is 0 Å². The molecule has 4 atom stereocenters. The van der Waals surface area contributed by atoms with Crippen LogP contribution in [-0.4, -0.2) is 32.3 Å². The van der Waals surface area contributed by atoms with Gasteiger partial charge in [-0.05, 0) is 0 Å². The van der Waals surface area contributed by atoms with Crippen molar-refractivity contribution in [2.24, 2.45) is 17.8 Å². The normalized spacial score (nSPS) is 18.9. The molecule has 0 spiro atoms. The zero-order valence-corrected chi connectivity index (χ0v) is 32.9. The Morgan fingerprint density at radius 1 is 0.510 bits per heavy atom. The van der Waals surface area contributed by atoms with Crippen LogP contribution in [0.15, 0.2) is 182 Å². The number of benzene rings is 6. The second-order valence-electron chi connectivity index (χ2n) is 14.2. The Labute approximate surface area is 298 Å². The Balaban J connectivity index is 1.37. The van der Waals surface area contributed by atoms with E-state index in [1.165, 1.54) is 26.4 Å². The van der Waals surface area contributed by atoms with Crippen molar-refractivity contribution in [1.82, 2.24) is 0 Å². The Bertz CT molecular complexity index is 1740. The van der Waals surface area contributed by atoms with Crippen LogP contribution < -0.4 is 26.4 Å². The average Bonchev–Trinajstić information content (AvgIpc) is 3.18. The van der Waals surface area contributed by atoms with Gasteiger partial charge in [0, 0.05) is 0 Å². The SMILES string of the molecule is CC([CH2][Ge]([c]1ccccc1)([c]1ccccc1)[c]1ccccc1)C1CC(=O)C(C)[CH]([Ge]([c]2ccccc2)([c]2ccccc2)[c]2ccccc2)C1. The van der Waals surface area contributed by atoms with Gasteiger partial charge >= 0.3 is 300 Å². The molecule has 4 unspecified atom stereocenters. The molecule has 3 heteroatoms. The molecule has 6 aromatic rings. The molecule has 0 aromatic heterocycles. The van der Waals surface area contributed by atoms with Crippen LogP contribution in [0, 0.1) is 17.8 Å². The number of rotatable bonds is 10. The summed E-state index contributed by atoms with van der Waals surface area (Å²) in [6.45, 7) is 4.73. The number of ketones is 1. The van der Waals surface area contributed by atoms with Crippen LogP contribution in [0.3, 0.4) is 0 Å². The van der Waals surface area contributed by atoms with Gasteiger partial charge in [-0.25, -0.2) is 0 Å². The summed E-state index contributed by atoms with van der Waals surface area (Å²) in [5, 5.41) is 1.11. The van der Waals surface area contributed by atoms with Crippen LogP contribution in [0.1, 0.15) is 26.7 Å². The standard InChI is InChI=1S/C46H46Ge2O/c1-36(35-47(39-21-9-3-10-22-39,40-23-11-4-12-24-40)41-25-13-5-14-26-41)38-33-45(37(2)46(49)34-38)48(42-27-15-6-16-28-42,43-29-17-7-18-30-43)44-31-19-8-20-32-44/h3-32,36-38,45H,33-35H2,1-2H3. The van der Waals surface area contributed by atoms with Gasteiger partial charge in [-0.2, -0.15) is 0 Å². The number of hydrogen-bond acceptors (Lipinski definition) is 1. The monoisotopic (exact) mass is 762 g/mol. The number of carbonyl (C=O) groups excluding carboxylic acids is 1. The van der Waals surface area contributed by atoms with E-state index in [-0.39, 0.29) is 10.7 Å².